The number of rotatable bonds is 7. The Morgan fingerprint density at radius 2 is 1.90 bits per heavy atom. The van der Waals surface area contributed by atoms with Gasteiger partial charge in [0.15, 0.2) is 5.75 Å². The summed E-state index contributed by atoms with van der Waals surface area (Å²) in [4.78, 5) is 12.3. The third-order valence-corrected chi connectivity index (χ3v) is 6.12. The highest BCUT2D eigenvalue weighted by molar-refractivity contribution is 14.1. The molecule has 0 saturated carbocycles. The molecular weight excluding hydrogens is 618 g/mol. The predicted octanol–water partition coefficient (Wildman–Crippen LogP) is 6.71. The van der Waals surface area contributed by atoms with Crippen molar-refractivity contribution in [2.75, 3.05) is 7.11 Å². The van der Waals surface area contributed by atoms with E-state index in [-0.39, 0.29) is 5.91 Å². The van der Waals surface area contributed by atoms with Gasteiger partial charge in [-0.05, 0) is 92.1 Å². The number of hydrogen-bond acceptors (Lipinski definition) is 4. The van der Waals surface area contributed by atoms with Crippen molar-refractivity contribution in [3.63, 3.8) is 0 Å². The molecule has 0 atom stereocenters. The molecule has 160 valence electrons. The van der Waals surface area contributed by atoms with E-state index < -0.39 is 0 Å². The van der Waals surface area contributed by atoms with Crippen molar-refractivity contribution in [3.8, 4) is 11.5 Å². The molecule has 0 heterocycles. The number of amides is 1. The van der Waals surface area contributed by atoms with E-state index in [1.165, 1.54) is 6.21 Å². The highest BCUT2D eigenvalue weighted by atomic mass is 127. The number of carbonyl (C=O) groups is 1. The second-order valence-electron chi connectivity index (χ2n) is 6.28. The van der Waals surface area contributed by atoms with Gasteiger partial charge in [0.05, 0.1) is 26.4 Å². The lowest BCUT2D eigenvalue weighted by atomic mass is 10.2. The molecule has 0 unspecified atom stereocenters. The van der Waals surface area contributed by atoms with E-state index in [0.29, 0.717) is 43.8 Å². The Balaban J connectivity index is 1.64. The van der Waals surface area contributed by atoms with Crippen molar-refractivity contribution in [1.82, 2.24) is 5.43 Å². The van der Waals surface area contributed by atoms with Crippen LogP contribution in [0.1, 0.15) is 21.5 Å². The minimum absolute atomic E-state index is 0.346. The molecule has 0 aliphatic rings. The van der Waals surface area contributed by atoms with Gasteiger partial charge < -0.3 is 9.47 Å². The van der Waals surface area contributed by atoms with Gasteiger partial charge in [-0.15, -0.1) is 0 Å². The first-order valence-corrected chi connectivity index (χ1v) is 11.5. The molecule has 0 saturated heterocycles. The minimum Gasteiger partial charge on any atom is -0.496 e. The fourth-order valence-electron chi connectivity index (χ4n) is 2.56. The fourth-order valence-corrected chi connectivity index (χ4v) is 4.23. The normalized spacial score (nSPS) is 10.9. The van der Waals surface area contributed by atoms with Crippen molar-refractivity contribution in [1.29, 1.82) is 0 Å². The number of benzene rings is 3. The van der Waals surface area contributed by atoms with Crippen LogP contribution in [0.2, 0.25) is 10.0 Å². The maximum Gasteiger partial charge on any atom is 0.271 e. The van der Waals surface area contributed by atoms with Crippen molar-refractivity contribution in [2.24, 2.45) is 5.10 Å². The van der Waals surface area contributed by atoms with Gasteiger partial charge in [0.2, 0.25) is 0 Å². The van der Waals surface area contributed by atoms with Crippen molar-refractivity contribution < 1.29 is 14.3 Å². The van der Waals surface area contributed by atoms with Gasteiger partial charge in [-0.25, -0.2) is 5.43 Å². The molecule has 1 N–H and O–H groups in total. The predicted molar refractivity (Wildman–Crippen MR) is 136 cm³/mol. The molecule has 5 nitrogen and oxygen atoms in total. The third-order valence-electron chi connectivity index (χ3n) is 4.11. The van der Waals surface area contributed by atoms with Gasteiger partial charge in [-0.2, -0.15) is 5.10 Å². The summed E-state index contributed by atoms with van der Waals surface area (Å²) in [5, 5.41) is 5.09. The van der Waals surface area contributed by atoms with E-state index in [2.05, 4.69) is 49.0 Å². The van der Waals surface area contributed by atoms with Crippen LogP contribution < -0.4 is 14.9 Å². The Morgan fingerprint density at radius 1 is 1.16 bits per heavy atom. The molecule has 0 bridgehead atoms. The fraction of sp³-hybridized carbons (Fsp3) is 0.0909. The Hall–Kier alpha value is -1.81. The minimum atomic E-state index is -0.348. The van der Waals surface area contributed by atoms with Gasteiger partial charge >= 0.3 is 0 Å². The number of hydrogen-bond donors (Lipinski definition) is 1. The number of carbonyl (C=O) groups excluding carboxylic acids is 1. The Morgan fingerprint density at radius 3 is 2.58 bits per heavy atom. The van der Waals surface area contributed by atoms with Crippen LogP contribution in [0.15, 0.2) is 64.2 Å². The number of hydrazone groups is 1. The maximum atomic E-state index is 12.3. The van der Waals surface area contributed by atoms with Crippen LogP contribution in [-0.4, -0.2) is 19.2 Å². The Labute approximate surface area is 212 Å². The number of nitrogens with zero attached hydrogens (tertiary/aromatic N) is 1. The summed E-state index contributed by atoms with van der Waals surface area (Å²) in [6, 6.07) is 16.0. The standard InChI is InChI=1S/C22H16BrCl2IN2O3/c1-30-20-10-15(4-7-19(20)26)22(29)28-27-11-14-8-17(23)21(18(25)9-14)31-12-13-2-5-16(24)6-3-13/h2-11H,12H2,1H3,(H,28,29)/b27-11-. The second-order valence-corrected chi connectivity index (χ2v) is 9.14. The largest absolute Gasteiger partial charge is 0.496 e. The summed E-state index contributed by atoms with van der Waals surface area (Å²) in [6.07, 6.45) is 1.50. The zero-order chi connectivity index (χ0) is 22.4. The van der Waals surface area contributed by atoms with Crippen LogP contribution in [0, 0.1) is 3.57 Å². The SMILES string of the molecule is COc1cc(C(=O)N/N=C\c2cc(Cl)c(OCc3ccc(Cl)cc3)c(Br)c2)ccc1I. The van der Waals surface area contributed by atoms with E-state index in [1.54, 1.807) is 49.6 Å². The molecule has 31 heavy (non-hydrogen) atoms. The smallest absolute Gasteiger partial charge is 0.271 e. The first-order chi connectivity index (χ1) is 14.9. The maximum absolute atomic E-state index is 12.3. The highest BCUT2D eigenvalue weighted by Gasteiger charge is 2.11. The summed E-state index contributed by atoms with van der Waals surface area (Å²) >= 11 is 17.9. The number of ether oxygens (including phenoxy) is 2. The van der Waals surface area contributed by atoms with Gasteiger partial charge in [0, 0.05) is 10.6 Å². The summed E-state index contributed by atoms with van der Waals surface area (Å²) in [6.45, 7) is 0.346. The van der Waals surface area contributed by atoms with Gasteiger partial charge in [-0.1, -0.05) is 35.3 Å². The topological polar surface area (TPSA) is 59.9 Å². The lowest BCUT2D eigenvalue weighted by Crippen LogP contribution is -2.17. The number of halogens is 4. The van der Waals surface area contributed by atoms with Gasteiger partial charge in [-0.3, -0.25) is 4.79 Å². The van der Waals surface area contributed by atoms with Crippen LogP contribution in [0.25, 0.3) is 0 Å². The molecule has 1 amide bonds. The number of nitrogens with one attached hydrogen (secondary N) is 1. The van der Waals surface area contributed by atoms with E-state index >= 15 is 0 Å². The number of methoxy groups -OCH3 is 1. The van der Waals surface area contributed by atoms with Crippen molar-refractivity contribution >= 4 is 73.8 Å². The second kappa shape index (κ2) is 11.2. The average molecular weight is 634 g/mol. The highest BCUT2D eigenvalue weighted by Crippen LogP contribution is 2.34. The van der Waals surface area contributed by atoms with E-state index in [1.807, 2.05) is 12.1 Å². The van der Waals surface area contributed by atoms with E-state index in [0.717, 1.165) is 9.13 Å². The Kier molecular flexibility index (Phi) is 8.59. The van der Waals surface area contributed by atoms with Crippen LogP contribution in [0.5, 0.6) is 11.5 Å². The first-order valence-electron chi connectivity index (χ1n) is 8.90. The summed E-state index contributed by atoms with van der Waals surface area (Å²) in [5.74, 6) is 0.796. The Bertz CT molecular complexity index is 1100. The van der Waals surface area contributed by atoms with Crippen LogP contribution in [-0.2, 0) is 6.61 Å². The molecule has 0 aliphatic carbocycles. The van der Waals surface area contributed by atoms with Gasteiger partial charge in [0.1, 0.15) is 12.4 Å². The van der Waals surface area contributed by atoms with Crippen molar-refractivity contribution in [3.05, 3.63) is 89.4 Å². The first kappa shape index (κ1) is 23.8. The molecule has 3 aromatic rings. The third kappa shape index (κ3) is 6.58. The molecule has 3 aromatic carbocycles. The molecule has 3 rings (SSSR count). The van der Waals surface area contributed by atoms with Crippen molar-refractivity contribution in [2.45, 2.75) is 6.61 Å². The molecular formula is C22H16BrCl2IN2O3. The molecule has 0 aromatic heterocycles. The van der Waals surface area contributed by atoms with Crippen LogP contribution in [0.4, 0.5) is 0 Å². The molecule has 0 radical (unpaired) electrons. The van der Waals surface area contributed by atoms with Crippen LogP contribution >= 0.6 is 61.7 Å². The van der Waals surface area contributed by atoms with Gasteiger partial charge in [0.25, 0.3) is 5.91 Å². The van der Waals surface area contributed by atoms with Crippen LogP contribution in [0.3, 0.4) is 0 Å². The van der Waals surface area contributed by atoms with E-state index in [4.69, 9.17) is 32.7 Å². The lowest BCUT2D eigenvalue weighted by molar-refractivity contribution is 0.0954. The summed E-state index contributed by atoms with van der Waals surface area (Å²) in [7, 11) is 1.56. The summed E-state index contributed by atoms with van der Waals surface area (Å²) in [5.41, 5.74) is 4.60. The zero-order valence-electron chi connectivity index (χ0n) is 16.2. The summed E-state index contributed by atoms with van der Waals surface area (Å²) < 4.78 is 12.7. The zero-order valence-corrected chi connectivity index (χ0v) is 21.4. The quantitative estimate of drug-likeness (QED) is 0.179. The molecule has 0 aliphatic heterocycles. The molecule has 0 spiro atoms. The average Bonchev–Trinajstić information content (AvgIpc) is 2.74. The molecule has 0 fully saturated rings. The molecule has 9 heteroatoms. The monoisotopic (exact) mass is 632 g/mol. The van der Waals surface area contributed by atoms with E-state index in [9.17, 15) is 4.79 Å². The lowest BCUT2D eigenvalue weighted by Gasteiger charge is -2.11.